The monoisotopic (exact) mass is 371 g/mol. The summed E-state index contributed by atoms with van der Waals surface area (Å²) in [6.07, 6.45) is 1.65. The third-order valence-electron chi connectivity index (χ3n) is 4.04. The topological polar surface area (TPSA) is 122 Å². The molecule has 0 aliphatic rings. The molecule has 0 aliphatic carbocycles. The van der Waals surface area contributed by atoms with Crippen LogP contribution in [0.1, 0.15) is 23.7 Å². The highest BCUT2D eigenvalue weighted by Crippen LogP contribution is 2.14. The molecule has 0 unspecified atom stereocenters. The maximum atomic E-state index is 10.6. The number of nitrogens with zero attached hydrogens (tertiary/aromatic N) is 4. The lowest BCUT2D eigenvalue weighted by molar-refractivity contribution is -0.136. The summed E-state index contributed by atoms with van der Waals surface area (Å²) in [5.41, 5.74) is 2.31. The van der Waals surface area contributed by atoms with Gasteiger partial charge in [0.25, 0.3) is 0 Å². The number of nitrogens with one attached hydrogen (secondary N) is 1. The van der Waals surface area contributed by atoms with E-state index in [1.54, 1.807) is 18.3 Å². The van der Waals surface area contributed by atoms with Gasteiger partial charge >= 0.3 is 5.97 Å². The quantitative estimate of drug-likeness (QED) is 0.448. The number of benzene rings is 1. The van der Waals surface area contributed by atoms with E-state index in [1.165, 1.54) is 4.52 Å². The number of ether oxygens (including phenoxy) is 1. The van der Waals surface area contributed by atoms with Crippen molar-refractivity contribution < 1.29 is 19.7 Å². The average Bonchev–Trinajstić information content (AvgIpc) is 3.14. The summed E-state index contributed by atoms with van der Waals surface area (Å²) in [4.78, 5) is 10.6. The zero-order valence-electron chi connectivity index (χ0n) is 14.7. The third kappa shape index (κ3) is 5.47. The van der Waals surface area contributed by atoms with Crippen molar-refractivity contribution in [1.29, 1.82) is 0 Å². The van der Waals surface area contributed by atoms with E-state index >= 15 is 0 Å². The van der Waals surface area contributed by atoms with Crippen molar-refractivity contribution in [3.05, 3.63) is 53.7 Å². The number of aliphatic hydroxyl groups is 1. The first kappa shape index (κ1) is 18.7. The number of rotatable bonds is 10. The van der Waals surface area contributed by atoms with Crippen LogP contribution in [-0.4, -0.2) is 55.9 Å². The minimum atomic E-state index is -0.804. The molecule has 27 heavy (non-hydrogen) atoms. The first-order valence-electron chi connectivity index (χ1n) is 8.62. The molecular weight excluding hydrogens is 350 g/mol. The number of carbonyl (C=O) groups is 1. The van der Waals surface area contributed by atoms with Crippen LogP contribution in [0.15, 0.2) is 42.6 Å². The van der Waals surface area contributed by atoms with Gasteiger partial charge in [-0.1, -0.05) is 18.2 Å². The Morgan fingerprint density at radius 1 is 1.22 bits per heavy atom. The number of aliphatic carboxylic acids is 1. The number of aromatic nitrogens is 4. The van der Waals surface area contributed by atoms with E-state index in [1.807, 2.05) is 24.3 Å². The lowest BCUT2D eigenvalue weighted by Gasteiger charge is -2.13. The maximum absolute atomic E-state index is 10.6. The second-order valence-electron chi connectivity index (χ2n) is 6.05. The van der Waals surface area contributed by atoms with Crippen LogP contribution in [0.5, 0.6) is 5.75 Å². The Kier molecular flexibility index (Phi) is 6.29. The van der Waals surface area contributed by atoms with Crippen LogP contribution in [0.2, 0.25) is 0 Å². The van der Waals surface area contributed by atoms with E-state index in [0.29, 0.717) is 31.8 Å². The molecule has 9 nitrogen and oxygen atoms in total. The number of aryl methyl sites for hydroxylation is 1. The second kappa shape index (κ2) is 9.06. The molecule has 0 spiro atoms. The van der Waals surface area contributed by atoms with Crippen LogP contribution in [0.25, 0.3) is 5.65 Å². The normalized spacial score (nSPS) is 12.2. The standard InChI is InChI=1S/C18H21N5O4/c24-16(14-4-7-17-20-21-22-23(17)12-14)11-19-9-10-27-15-5-1-13(2-6-15)3-8-18(25)26/h1-2,4-7,12,16,19,24H,3,8-11H2,(H,25,26)/t16-/m0/s1. The van der Waals surface area contributed by atoms with Gasteiger partial charge in [0.15, 0.2) is 5.65 Å². The van der Waals surface area contributed by atoms with Gasteiger partial charge in [-0.2, -0.15) is 0 Å². The Morgan fingerprint density at radius 2 is 2.04 bits per heavy atom. The van der Waals surface area contributed by atoms with Gasteiger partial charge in [0.05, 0.1) is 6.10 Å². The fourth-order valence-corrected chi connectivity index (χ4v) is 2.56. The molecule has 3 N–H and O–H groups in total. The molecule has 0 aliphatic heterocycles. The van der Waals surface area contributed by atoms with Crippen molar-refractivity contribution >= 4 is 11.6 Å². The van der Waals surface area contributed by atoms with E-state index in [4.69, 9.17) is 9.84 Å². The van der Waals surface area contributed by atoms with Crippen LogP contribution < -0.4 is 10.1 Å². The number of carboxylic acid groups (broad SMARTS) is 1. The number of aliphatic hydroxyl groups excluding tert-OH is 1. The molecule has 2 heterocycles. The summed E-state index contributed by atoms with van der Waals surface area (Å²) in [6, 6.07) is 10.9. The molecule has 3 aromatic rings. The van der Waals surface area contributed by atoms with Gasteiger partial charge in [0.2, 0.25) is 0 Å². The summed E-state index contributed by atoms with van der Waals surface area (Å²) in [5.74, 6) is -0.0815. The Labute approximate surface area is 155 Å². The molecular formula is C18H21N5O4. The van der Waals surface area contributed by atoms with E-state index in [-0.39, 0.29) is 6.42 Å². The first-order chi connectivity index (χ1) is 13.1. The van der Waals surface area contributed by atoms with E-state index in [0.717, 1.165) is 16.9 Å². The highest BCUT2D eigenvalue weighted by molar-refractivity contribution is 5.67. The summed E-state index contributed by atoms with van der Waals surface area (Å²) < 4.78 is 7.15. The third-order valence-corrected chi connectivity index (χ3v) is 4.04. The fraction of sp³-hybridized carbons (Fsp3) is 0.333. The largest absolute Gasteiger partial charge is 0.492 e. The lowest BCUT2D eigenvalue weighted by atomic mass is 10.1. The number of fused-ring (bicyclic) bond motifs is 1. The van der Waals surface area contributed by atoms with Crippen molar-refractivity contribution in [2.75, 3.05) is 19.7 Å². The van der Waals surface area contributed by atoms with Gasteiger partial charge in [-0.25, -0.2) is 4.52 Å². The molecule has 3 rings (SSSR count). The molecule has 0 amide bonds. The Balaban J connectivity index is 1.36. The van der Waals surface area contributed by atoms with Gasteiger partial charge in [0, 0.05) is 31.3 Å². The van der Waals surface area contributed by atoms with Crippen LogP contribution in [0.4, 0.5) is 0 Å². The van der Waals surface area contributed by atoms with E-state index in [2.05, 4.69) is 20.8 Å². The van der Waals surface area contributed by atoms with Crippen LogP contribution >= 0.6 is 0 Å². The Morgan fingerprint density at radius 3 is 2.81 bits per heavy atom. The predicted octanol–water partition coefficient (Wildman–Crippen LogP) is 0.843. The molecule has 1 atom stereocenters. The number of hydrogen-bond donors (Lipinski definition) is 3. The highest BCUT2D eigenvalue weighted by Gasteiger charge is 2.09. The van der Waals surface area contributed by atoms with Gasteiger partial charge < -0.3 is 20.3 Å². The van der Waals surface area contributed by atoms with Crippen LogP contribution in [-0.2, 0) is 11.2 Å². The Hall–Kier alpha value is -3.04. The van der Waals surface area contributed by atoms with Crippen molar-refractivity contribution in [1.82, 2.24) is 25.4 Å². The molecule has 142 valence electrons. The van der Waals surface area contributed by atoms with Crippen LogP contribution in [0.3, 0.4) is 0 Å². The molecule has 9 heteroatoms. The van der Waals surface area contributed by atoms with E-state index in [9.17, 15) is 9.90 Å². The van der Waals surface area contributed by atoms with Crippen molar-refractivity contribution in [2.24, 2.45) is 0 Å². The lowest BCUT2D eigenvalue weighted by Crippen LogP contribution is -2.26. The summed E-state index contributed by atoms with van der Waals surface area (Å²) in [5, 5.41) is 33.2. The number of hydrogen-bond acceptors (Lipinski definition) is 7. The van der Waals surface area contributed by atoms with Crippen molar-refractivity contribution in [2.45, 2.75) is 18.9 Å². The van der Waals surface area contributed by atoms with Gasteiger partial charge in [-0.15, -0.1) is 5.10 Å². The van der Waals surface area contributed by atoms with Crippen molar-refractivity contribution in [3.8, 4) is 5.75 Å². The van der Waals surface area contributed by atoms with Gasteiger partial charge in [-0.3, -0.25) is 4.79 Å². The zero-order chi connectivity index (χ0) is 19.1. The minimum absolute atomic E-state index is 0.118. The first-order valence-corrected chi connectivity index (χ1v) is 8.62. The minimum Gasteiger partial charge on any atom is -0.492 e. The number of carboxylic acids is 1. The molecule has 1 aromatic carbocycles. The molecule has 0 saturated carbocycles. The molecule has 0 bridgehead atoms. The van der Waals surface area contributed by atoms with E-state index < -0.39 is 12.1 Å². The molecule has 2 aromatic heterocycles. The summed E-state index contributed by atoms with van der Waals surface area (Å²) in [7, 11) is 0. The number of pyridine rings is 1. The summed E-state index contributed by atoms with van der Waals surface area (Å²) in [6.45, 7) is 1.41. The van der Waals surface area contributed by atoms with Crippen LogP contribution in [0, 0.1) is 0 Å². The molecule has 0 fully saturated rings. The van der Waals surface area contributed by atoms with Gasteiger partial charge in [0.1, 0.15) is 12.4 Å². The summed E-state index contributed by atoms with van der Waals surface area (Å²) >= 11 is 0. The zero-order valence-corrected chi connectivity index (χ0v) is 14.7. The molecule has 0 radical (unpaired) electrons. The number of tetrazole rings is 1. The average molecular weight is 371 g/mol. The second-order valence-corrected chi connectivity index (χ2v) is 6.05. The van der Waals surface area contributed by atoms with Gasteiger partial charge in [-0.05, 0) is 40.6 Å². The Bertz CT molecular complexity index is 881. The SMILES string of the molecule is O=C(O)CCc1ccc(OCCNC[C@H](O)c2ccc3nnnn3c2)cc1. The highest BCUT2D eigenvalue weighted by atomic mass is 16.5. The maximum Gasteiger partial charge on any atom is 0.303 e. The molecule has 0 saturated heterocycles. The predicted molar refractivity (Wildman–Crippen MR) is 96.5 cm³/mol. The van der Waals surface area contributed by atoms with Crippen molar-refractivity contribution in [3.63, 3.8) is 0 Å². The smallest absolute Gasteiger partial charge is 0.303 e. The fourth-order valence-electron chi connectivity index (χ4n) is 2.56.